The molecule has 8 heteroatoms. The summed E-state index contributed by atoms with van der Waals surface area (Å²) in [5.41, 5.74) is 6.46. The summed E-state index contributed by atoms with van der Waals surface area (Å²) in [7, 11) is 0. The predicted octanol–water partition coefficient (Wildman–Crippen LogP) is 3.28. The molecule has 1 aliphatic rings. The van der Waals surface area contributed by atoms with Gasteiger partial charge in [-0.15, -0.1) is 36.2 Å². The zero-order valence-electron chi connectivity index (χ0n) is 13.1. The van der Waals surface area contributed by atoms with Gasteiger partial charge in [-0.3, -0.25) is 4.79 Å². The summed E-state index contributed by atoms with van der Waals surface area (Å²) >= 11 is 1.40. The third kappa shape index (κ3) is 4.07. The molecule has 2 N–H and O–H groups in total. The second kappa shape index (κ2) is 8.15. The Kier molecular flexibility index (Phi) is 7.07. The molecule has 128 valence electrons. The van der Waals surface area contributed by atoms with E-state index in [9.17, 15) is 4.79 Å². The van der Waals surface area contributed by atoms with Gasteiger partial charge in [-0.1, -0.05) is 0 Å². The molecule has 0 spiro atoms. The molecule has 1 fully saturated rings. The zero-order chi connectivity index (χ0) is 15.0. The van der Waals surface area contributed by atoms with Crippen LogP contribution in [0.25, 0.3) is 10.8 Å². The number of carbonyl (C=O) groups excluding carboxylic acids is 1. The van der Waals surface area contributed by atoms with E-state index in [1.165, 1.54) is 11.3 Å². The van der Waals surface area contributed by atoms with E-state index < -0.39 is 0 Å². The minimum absolute atomic E-state index is 0. The van der Waals surface area contributed by atoms with Crippen LogP contribution in [0.2, 0.25) is 0 Å². The standard InChI is InChI=1S/C15H19N3O2S.2ClH/c1-9-3-4-12(20-9)14-17-10(2)13(21-14)15(19)18-6-5-11(7-16)8-18;;/h3-4,11H,5-8,16H2,1-2H3;2*1H. The van der Waals surface area contributed by atoms with Crippen LogP contribution >= 0.6 is 36.2 Å². The molecule has 1 saturated heterocycles. The number of rotatable bonds is 3. The number of aromatic nitrogens is 1. The van der Waals surface area contributed by atoms with Crippen molar-refractivity contribution in [3.8, 4) is 10.8 Å². The number of amides is 1. The van der Waals surface area contributed by atoms with Crippen LogP contribution in [0.3, 0.4) is 0 Å². The first-order chi connectivity index (χ1) is 10.1. The number of thiazole rings is 1. The molecule has 3 heterocycles. The van der Waals surface area contributed by atoms with Crippen LogP contribution in [-0.4, -0.2) is 35.4 Å². The van der Waals surface area contributed by atoms with Crippen LogP contribution in [0.15, 0.2) is 16.5 Å². The normalized spacial score (nSPS) is 16.8. The molecule has 0 aliphatic carbocycles. The molecule has 0 saturated carbocycles. The first kappa shape index (κ1) is 20.0. The van der Waals surface area contributed by atoms with Crippen molar-refractivity contribution in [2.45, 2.75) is 20.3 Å². The van der Waals surface area contributed by atoms with Crippen molar-refractivity contribution in [2.75, 3.05) is 19.6 Å². The van der Waals surface area contributed by atoms with Crippen LogP contribution < -0.4 is 5.73 Å². The molecule has 1 aliphatic heterocycles. The maximum absolute atomic E-state index is 12.6. The molecule has 3 rings (SSSR count). The average Bonchev–Trinajstić information content (AvgIpc) is 3.17. The Bertz CT molecular complexity index is 671. The Balaban J connectivity index is 0.00000132. The SMILES string of the molecule is Cc1ccc(-c2nc(C)c(C(=O)N3CCC(CN)C3)s2)o1.Cl.Cl. The summed E-state index contributed by atoms with van der Waals surface area (Å²) < 4.78 is 5.58. The number of furan rings is 1. The Morgan fingerprint density at radius 1 is 1.43 bits per heavy atom. The van der Waals surface area contributed by atoms with Crippen LogP contribution in [-0.2, 0) is 0 Å². The Morgan fingerprint density at radius 3 is 2.74 bits per heavy atom. The summed E-state index contributed by atoms with van der Waals surface area (Å²) in [6, 6.07) is 3.79. The van der Waals surface area contributed by atoms with E-state index in [0.29, 0.717) is 17.3 Å². The van der Waals surface area contributed by atoms with E-state index in [1.807, 2.05) is 30.9 Å². The number of nitrogens with two attached hydrogens (primary N) is 1. The van der Waals surface area contributed by atoms with Crippen LogP contribution in [0.5, 0.6) is 0 Å². The number of likely N-dealkylation sites (tertiary alicyclic amines) is 1. The first-order valence-corrected chi connectivity index (χ1v) is 7.93. The molecular weight excluding hydrogens is 357 g/mol. The minimum atomic E-state index is 0. The van der Waals surface area contributed by atoms with Crippen LogP contribution in [0.1, 0.15) is 27.5 Å². The van der Waals surface area contributed by atoms with Crippen molar-refractivity contribution in [3.63, 3.8) is 0 Å². The van der Waals surface area contributed by atoms with E-state index in [4.69, 9.17) is 10.2 Å². The number of halogens is 2. The smallest absolute Gasteiger partial charge is 0.265 e. The fraction of sp³-hybridized carbons (Fsp3) is 0.467. The maximum Gasteiger partial charge on any atom is 0.265 e. The summed E-state index contributed by atoms with van der Waals surface area (Å²) in [6.07, 6.45) is 0.990. The summed E-state index contributed by atoms with van der Waals surface area (Å²) in [5.74, 6) is 2.06. The van der Waals surface area contributed by atoms with Crippen LogP contribution in [0, 0.1) is 19.8 Å². The quantitative estimate of drug-likeness (QED) is 0.890. The molecule has 0 bridgehead atoms. The fourth-order valence-electron chi connectivity index (χ4n) is 2.60. The summed E-state index contributed by atoms with van der Waals surface area (Å²) in [5, 5.41) is 0.763. The van der Waals surface area contributed by atoms with Crippen molar-refractivity contribution in [3.05, 3.63) is 28.5 Å². The lowest BCUT2D eigenvalue weighted by Crippen LogP contribution is -2.29. The number of hydrogen-bond donors (Lipinski definition) is 1. The van der Waals surface area contributed by atoms with Gasteiger partial charge in [0, 0.05) is 13.1 Å². The molecule has 0 radical (unpaired) electrons. The van der Waals surface area contributed by atoms with Gasteiger partial charge in [-0.2, -0.15) is 0 Å². The Hall–Kier alpha value is -1.08. The molecule has 23 heavy (non-hydrogen) atoms. The highest BCUT2D eigenvalue weighted by Gasteiger charge is 2.28. The molecule has 2 aromatic heterocycles. The molecule has 1 amide bonds. The van der Waals surface area contributed by atoms with Gasteiger partial charge in [-0.05, 0) is 44.9 Å². The first-order valence-electron chi connectivity index (χ1n) is 7.12. The molecule has 0 aromatic carbocycles. The van der Waals surface area contributed by atoms with E-state index in [0.717, 1.165) is 41.7 Å². The lowest BCUT2D eigenvalue weighted by Gasteiger charge is -2.15. The Labute approximate surface area is 152 Å². The molecular formula is C15H21Cl2N3O2S. The van der Waals surface area contributed by atoms with Gasteiger partial charge < -0.3 is 15.1 Å². The van der Waals surface area contributed by atoms with Crippen molar-refractivity contribution in [1.82, 2.24) is 9.88 Å². The minimum Gasteiger partial charge on any atom is -0.459 e. The molecule has 5 nitrogen and oxygen atoms in total. The largest absolute Gasteiger partial charge is 0.459 e. The lowest BCUT2D eigenvalue weighted by atomic mass is 10.1. The second-order valence-corrected chi connectivity index (χ2v) is 6.48. The third-order valence-electron chi connectivity index (χ3n) is 3.85. The average molecular weight is 378 g/mol. The van der Waals surface area contributed by atoms with E-state index >= 15 is 0 Å². The van der Waals surface area contributed by atoms with Gasteiger partial charge in [0.15, 0.2) is 10.8 Å². The lowest BCUT2D eigenvalue weighted by molar-refractivity contribution is 0.0791. The van der Waals surface area contributed by atoms with E-state index in [2.05, 4.69) is 4.98 Å². The van der Waals surface area contributed by atoms with Crippen molar-refractivity contribution in [1.29, 1.82) is 0 Å². The van der Waals surface area contributed by atoms with Gasteiger partial charge in [0.05, 0.1) is 5.69 Å². The number of carbonyl (C=O) groups is 1. The highest BCUT2D eigenvalue weighted by atomic mass is 35.5. The molecule has 1 atom stereocenters. The van der Waals surface area contributed by atoms with E-state index in [-0.39, 0.29) is 30.7 Å². The van der Waals surface area contributed by atoms with Gasteiger partial charge in [0.2, 0.25) is 0 Å². The van der Waals surface area contributed by atoms with Gasteiger partial charge in [0.25, 0.3) is 5.91 Å². The zero-order valence-corrected chi connectivity index (χ0v) is 15.5. The van der Waals surface area contributed by atoms with Crippen molar-refractivity contribution in [2.24, 2.45) is 11.7 Å². The van der Waals surface area contributed by atoms with Gasteiger partial charge in [-0.25, -0.2) is 4.98 Å². The summed E-state index contributed by atoms with van der Waals surface area (Å²) in [6.45, 7) is 5.95. The number of aryl methyl sites for hydroxylation is 2. The van der Waals surface area contributed by atoms with Gasteiger partial charge >= 0.3 is 0 Å². The summed E-state index contributed by atoms with van der Waals surface area (Å²) in [4.78, 5) is 19.7. The monoisotopic (exact) mass is 377 g/mol. The number of nitrogens with zero attached hydrogens (tertiary/aromatic N) is 2. The van der Waals surface area contributed by atoms with Crippen LogP contribution in [0.4, 0.5) is 0 Å². The predicted molar refractivity (Wildman–Crippen MR) is 96.9 cm³/mol. The maximum atomic E-state index is 12.6. The van der Waals surface area contributed by atoms with E-state index in [1.54, 1.807) is 0 Å². The highest BCUT2D eigenvalue weighted by molar-refractivity contribution is 7.17. The van der Waals surface area contributed by atoms with Gasteiger partial charge in [0.1, 0.15) is 10.6 Å². The second-order valence-electron chi connectivity index (χ2n) is 5.49. The molecule has 1 unspecified atom stereocenters. The fourth-order valence-corrected chi connectivity index (χ4v) is 3.60. The van der Waals surface area contributed by atoms with Crippen molar-refractivity contribution < 1.29 is 9.21 Å². The van der Waals surface area contributed by atoms with Crippen molar-refractivity contribution >= 4 is 42.1 Å². The number of hydrogen-bond acceptors (Lipinski definition) is 5. The topological polar surface area (TPSA) is 72.4 Å². The highest BCUT2D eigenvalue weighted by Crippen LogP contribution is 2.31. The molecule has 2 aromatic rings. The Morgan fingerprint density at radius 2 is 2.17 bits per heavy atom. The third-order valence-corrected chi connectivity index (χ3v) is 5.01.